The Bertz CT molecular complexity index is 161. The highest BCUT2D eigenvalue weighted by atomic mass is 16.3. The maximum atomic E-state index is 8.96. The molecule has 0 aliphatic heterocycles. The van der Waals surface area contributed by atoms with Crippen LogP contribution >= 0.6 is 0 Å². The lowest BCUT2D eigenvalue weighted by Crippen LogP contribution is -2.41. The van der Waals surface area contributed by atoms with Crippen molar-refractivity contribution in [1.29, 1.82) is 0 Å². The molecule has 1 aliphatic rings. The van der Waals surface area contributed by atoms with E-state index in [0.717, 1.165) is 18.8 Å². The van der Waals surface area contributed by atoms with Gasteiger partial charge in [0.05, 0.1) is 0 Å². The molecule has 2 N–H and O–H groups in total. The van der Waals surface area contributed by atoms with Gasteiger partial charge in [0.2, 0.25) is 0 Å². The van der Waals surface area contributed by atoms with E-state index in [4.69, 9.17) is 5.11 Å². The predicted octanol–water partition coefficient (Wildman–Crippen LogP) is 2.71. The molecule has 0 amide bonds. The smallest absolute Gasteiger partial charge is 0.0445 e. The third-order valence-corrected chi connectivity index (χ3v) is 3.80. The van der Waals surface area contributed by atoms with Crippen molar-refractivity contribution in [2.75, 3.05) is 6.61 Å². The van der Waals surface area contributed by atoms with Crippen LogP contribution in [0.2, 0.25) is 0 Å². The molecule has 0 aromatic heterocycles. The van der Waals surface area contributed by atoms with Gasteiger partial charge in [0, 0.05) is 18.7 Å². The molecule has 0 aromatic rings. The number of rotatable bonds is 6. The first kappa shape index (κ1) is 13.0. The van der Waals surface area contributed by atoms with E-state index in [2.05, 4.69) is 19.2 Å². The number of hydrogen-bond acceptors (Lipinski definition) is 2. The fraction of sp³-hybridized carbons (Fsp3) is 1.00. The number of aliphatic hydroxyl groups excluding tert-OH is 1. The Labute approximate surface area is 94.5 Å². The van der Waals surface area contributed by atoms with Gasteiger partial charge in [0.1, 0.15) is 0 Å². The van der Waals surface area contributed by atoms with E-state index in [-0.39, 0.29) is 0 Å². The average molecular weight is 213 g/mol. The second kappa shape index (κ2) is 7.24. The van der Waals surface area contributed by atoms with Crippen molar-refractivity contribution < 1.29 is 5.11 Å². The zero-order valence-electron chi connectivity index (χ0n) is 10.3. The van der Waals surface area contributed by atoms with Crippen molar-refractivity contribution in [3.63, 3.8) is 0 Å². The zero-order chi connectivity index (χ0) is 11.1. The fourth-order valence-corrected chi connectivity index (χ4v) is 2.71. The molecular formula is C13H27NO. The normalized spacial score (nSPS) is 29.0. The van der Waals surface area contributed by atoms with Crippen molar-refractivity contribution in [2.24, 2.45) is 5.92 Å². The monoisotopic (exact) mass is 213 g/mol. The van der Waals surface area contributed by atoms with Crippen molar-refractivity contribution in [2.45, 2.75) is 70.9 Å². The molecule has 0 aromatic carbocycles. The quantitative estimate of drug-likeness (QED) is 0.711. The molecule has 3 atom stereocenters. The molecule has 3 unspecified atom stereocenters. The van der Waals surface area contributed by atoms with E-state index in [0.29, 0.717) is 18.7 Å². The third kappa shape index (κ3) is 4.52. The maximum Gasteiger partial charge on any atom is 0.0445 e. The molecule has 0 saturated heterocycles. The summed E-state index contributed by atoms with van der Waals surface area (Å²) in [7, 11) is 0. The van der Waals surface area contributed by atoms with Crippen LogP contribution in [0.25, 0.3) is 0 Å². The first-order valence-electron chi connectivity index (χ1n) is 6.67. The van der Waals surface area contributed by atoms with Crippen molar-refractivity contribution in [1.82, 2.24) is 5.32 Å². The Morgan fingerprint density at radius 2 is 2.13 bits per heavy atom. The number of aliphatic hydroxyl groups is 1. The SMILES string of the molecule is CCC1CCCC(NC(CC)CCO)C1. The number of nitrogens with one attached hydrogen (secondary N) is 1. The summed E-state index contributed by atoms with van der Waals surface area (Å²) in [6.07, 6.45) is 8.85. The summed E-state index contributed by atoms with van der Waals surface area (Å²) in [6.45, 7) is 4.82. The molecule has 1 fully saturated rings. The van der Waals surface area contributed by atoms with Crippen molar-refractivity contribution >= 4 is 0 Å². The van der Waals surface area contributed by atoms with E-state index in [1.54, 1.807) is 0 Å². The van der Waals surface area contributed by atoms with Crippen LogP contribution in [0.15, 0.2) is 0 Å². The van der Waals surface area contributed by atoms with Crippen molar-refractivity contribution in [3.8, 4) is 0 Å². The molecular weight excluding hydrogens is 186 g/mol. The molecule has 0 bridgehead atoms. The van der Waals surface area contributed by atoms with E-state index in [9.17, 15) is 0 Å². The maximum absolute atomic E-state index is 8.96. The molecule has 1 saturated carbocycles. The van der Waals surface area contributed by atoms with E-state index < -0.39 is 0 Å². The standard InChI is InChI=1S/C13H27NO/c1-3-11-6-5-7-13(10-11)14-12(4-2)8-9-15/h11-15H,3-10H2,1-2H3. The topological polar surface area (TPSA) is 32.3 Å². The van der Waals surface area contributed by atoms with Gasteiger partial charge in [0.25, 0.3) is 0 Å². The first-order valence-corrected chi connectivity index (χ1v) is 6.67. The average Bonchev–Trinajstić information content (AvgIpc) is 2.29. The highest BCUT2D eigenvalue weighted by Crippen LogP contribution is 2.27. The number of hydrogen-bond donors (Lipinski definition) is 2. The van der Waals surface area contributed by atoms with Gasteiger partial charge in [-0.2, -0.15) is 0 Å². The molecule has 1 aliphatic carbocycles. The van der Waals surface area contributed by atoms with Gasteiger partial charge in [-0.1, -0.05) is 33.1 Å². The zero-order valence-corrected chi connectivity index (χ0v) is 10.3. The van der Waals surface area contributed by atoms with Crippen molar-refractivity contribution in [3.05, 3.63) is 0 Å². The summed E-state index contributed by atoms with van der Waals surface area (Å²) in [5, 5.41) is 12.7. The Kier molecular flexibility index (Phi) is 6.26. The largest absolute Gasteiger partial charge is 0.396 e. The Morgan fingerprint density at radius 3 is 2.73 bits per heavy atom. The van der Waals surface area contributed by atoms with Gasteiger partial charge in [-0.3, -0.25) is 0 Å². The minimum atomic E-state index is 0.315. The van der Waals surface area contributed by atoms with Crippen LogP contribution in [0, 0.1) is 5.92 Å². The van der Waals surface area contributed by atoms with Gasteiger partial charge in [-0.15, -0.1) is 0 Å². The summed E-state index contributed by atoms with van der Waals surface area (Å²) >= 11 is 0. The minimum Gasteiger partial charge on any atom is -0.396 e. The van der Waals surface area contributed by atoms with Crippen LogP contribution in [-0.4, -0.2) is 23.8 Å². The highest BCUT2D eigenvalue weighted by Gasteiger charge is 2.22. The third-order valence-electron chi connectivity index (χ3n) is 3.80. The summed E-state index contributed by atoms with van der Waals surface area (Å²) in [5.74, 6) is 0.933. The Morgan fingerprint density at radius 1 is 1.33 bits per heavy atom. The lowest BCUT2D eigenvalue weighted by atomic mass is 9.84. The second-order valence-electron chi connectivity index (χ2n) is 4.92. The molecule has 2 nitrogen and oxygen atoms in total. The first-order chi connectivity index (χ1) is 7.30. The summed E-state index contributed by atoms with van der Waals surface area (Å²) in [4.78, 5) is 0. The van der Waals surface area contributed by atoms with Gasteiger partial charge in [0.15, 0.2) is 0 Å². The lowest BCUT2D eigenvalue weighted by Gasteiger charge is -2.32. The van der Waals surface area contributed by atoms with Gasteiger partial charge < -0.3 is 10.4 Å². The van der Waals surface area contributed by atoms with Crippen LogP contribution < -0.4 is 5.32 Å². The molecule has 90 valence electrons. The minimum absolute atomic E-state index is 0.315. The van der Waals surface area contributed by atoms with Crippen LogP contribution in [0.4, 0.5) is 0 Å². The molecule has 15 heavy (non-hydrogen) atoms. The summed E-state index contributed by atoms with van der Waals surface area (Å²) < 4.78 is 0. The molecule has 0 spiro atoms. The Balaban J connectivity index is 2.29. The van der Waals surface area contributed by atoms with E-state index in [1.807, 2.05) is 0 Å². The second-order valence-corrected chi connectivity index (χ2v) is 4.92. The molecule has 0 heterocycles. The van der Waals surface area contributed by atoms with Crippen LogP contribution in [0.3, 0.4) is 0 Å². The lowest BCUT2D eigenvalue weighted by molar-refractivity contribution is 0.225. The van der Waals surface area contributed by atoms with Gasteiger partial charge in [-0.05, 0) is 31.6 Å². The Hall–Kier alpha value is -0.0800. The highest BCUT2D eigenvalue weighted by molar-refractivity contribution is 4.80. The van der Waals surface area contributed by atoms with E-state index in [1.165, 1.54) is 32.1 Å². The summed E-state index contributed by atoms with van der Waals surface area (Å²) in [6, 6.07) is 1.23. The van der Waals surface area contributed by atoms with Gasteiger partial charge in [-0.25, -0.2) is 0 Å². The molecule has 2 heteroatoms. The fourth-order valence-electron chi connectivity index (χ4n) is 2.71. The van der Waals surface area contributed by atoms with Gasteiger partial charge >= 0.3 is 0 Å². The molecule has 1 rings (SSSR count). The van der Waals surface area contributed by atoms with Crippen LogP contribution in [-0.2, 0) is 0 Å². The van der Waals surface area contributed by atoms with Crippen LogP contribution in [0.1, 0.15) is 58.8 Å². The summed E-state index contributed by atoms with van der Waals surface area (Å²) in [5.41, 5.74) is 0. The van der Waals surface area contributed by atoms with E-state index >= 15 is 0 Å². The van der Waals surface area contributed by atoms with Crippen LogP contribution in [0.5, 0.6) is 0 Å². The molecule has 0 radical (unpaired) electrons. The predicted molar refractivity (Wildman–Crippen MR) is 65.0 cm³/mol.